The normalized spacial score (nSPS) is 10.9. The average Bonchev–Trinajstić information content (AvgIpc) is 2.92. The van der Waals surface area contributed by atoms with Crippen molar-refractivity contribution in [3.8, 4) is 0 Å². The van der Waals surface area contributed by atoms with E-state index in [0.717, 1.165) is 28.7 Å². The van der Waals surface area contributed by atoms with Gasteiger partial charge in [0.15, 0.2) is 12.4 Å². The van der Waals surface area contributed by atoms with Gasteiger partial charge in [-0.15, -0.1) is 11.3 Å². The van der Waals surface area contributed by atoms with E-state index < -0.39 is 30.1 Å². The van der Waals surface area contributed by atoms with Gasteiger partial charge in [0.05, 0.1) is 11.4 Å². The largest absolute Gasteiger partial charge is 0.451 e. The number of esters is 1. The van der Waals surface area contributed by atoms with Gasteiger partial charge in [-0.3, -0.25) is 4.79 Å². The Balaban J connectivity index is 1.72. The van der Waals surface area contributed by atoms with Crippen LogP contribution in [0.4, 0.5) is 20.2 Å². The van der Waals surface area contributed by atoms with E-state index in [1.807, 2.05) is 19.9 Å². The van der Waals surface area contributed by atoms with Crippen molar-refractivity contribution >= 4 is 60.7 Å². The zero-order valence-electron chi connectivity index (χ0n) is 14.7. The summed E-state index contributed by atoms with van der Waals surface area (Å²) in [5, 5.41) is 2.90. The quantitative estimate of drug-likeness (QED) is 0.554. The van der Waals surface area contributed by atoms with E-state index in [1.165, 1.54) is 0 Å². The van der Waals surface area contributed by atoms with Crippen LogP contribution < -0.4 is 11.1 Å². The molecule has 0 radical (unpaired) electrons. The molecule has 28 heavy (non-hydrogen) atoms. The van der Waals surface area contributed by atoms with Crippen LogP contribution in [0, 0.1) is 25.5 Å². The lowest BCUT2D eigenvalue weighted by Crippen LogP contribution is -2.21. The standard InChI is InChI=1S/C18H14BrF2N3O3S/c1-7-3-8(2)23-17-13(7)14(22)16(28-17)18(26)27-6-12(25)24-15-10(19)4-9(20)5-11(15)21/h3-5H,6,22H2,1-2H3,(H,24,25). The van der Waals surface area contributed by atoms with E-state index in [-0.39, 0.29) is 20.7 Å². The van der Waals surface area contributed by atoms with Gasteiger partial charge >= 0.3 is 5.97 Å². The fourth-order valence-corrected chi connectivity index (χ4v) is 4.27. The topological polar surface area (TPSA) is 94.3 Å². The number of nitrogens with zero attached hydrogens (tertiary/aromatic N) is 1. The van der Waals surface area contributed by atoms with Crippen LogP contribution in [-0.2, 0) is 9.53 Å². The second-order valence-corrected chi connectivity index (χ2v) is 7.83. The number of fused-ring (bicyclic) bond motifs is 1. The highest BCUT2D eigenvalue weighted by Gasteiger charge is 2.21. The summed E-state index contributed by atoms with van der Waals surface area (Å²) in [7, 11) is 0. The maximum absolute atomic E-state index is 13.8. The molecular formula is C18H14BrF2N3O3S. The fraction of sp³-hybridized carbons (Fsp3) is 0.167. The summed E-state index contributed by atoms with van der Waals surface area (Å²) in [5.74, 6) is -3.33. The minimum atomic E-state index is -0.961. The first-order valence-corrected chi connectivity index (χ1v) is 9.56. The molecule has 10 heteroatoms. The predicted octanol–water partition coefficient (Wildman–Crippen LogP) is 4.33. The van der Waals surface area contributed by atoms with E-state index in [4.69, 9.17) is 10.5 Å². The highest BCUT2D eigenvalue weighted by atomic mass is 79.9. The number of benzene rings is 1. The average molecular weight is 470 g/mol. The summed E-state index contributed by atoms with van der Waals surface area (Å²) in [6.45, 7) is 3.02. The number of aromatic nitrogens is 1. The number of rotatable bonds is 4. The predicted molar refractivity (Wildman–Crippen MR) is 106 cm³/mol. The summed E-state index contributed by atoms with van der Waals surface area (Å²) < 4.78 is 31.9. The molecule has 146 valence electrons. The van der Waals surface area contributed by atoms with Crippen LogP contribution in [0.2, 0.25) is 0 Å². The first-order valence-electron chi connectivity index (χ1n) is 7.95. The highest BCUT2D eigenvalue weighted by Crippen LogP contribution is 2.35. The van der Waals surface area contributed by atoms with E-state index in [0.29, 0.717) is 16.3 Å². The maximum Gasteiger partial charge on any atom is 0.351 e. The molecule has 0 aliphatic heterocycles. The Morgan fingerprint density at radius 2 is 2.00 bits per heavy atom. The molecule has 0 aliphatic carbocycles. The van der Waals surface area contributed by atoms with Crippen molar-refractivity contribution in [2.75, 3.05) is 17.7 Å². The lowest BCUT2D eigenvalue weighted by Gasteiger charge is -2.09. The first kappa shape index (κ1) is 20.2. The number of nitrogens with one attached hydrogen (secondary N) is 1. The molecule has 3 N–H and O–H groups in total. The molecule has 0 fully saturated rings. The van der Waals surface area contributed by atoms with Crippen molar-refractivity contribution < 1.29 is 23.1 Å². The Bertz CT molecular complexity index is 1090. The Hall–Kier alpha value is -2.59. The van der Waals surface area contributed by atoms with Crippen LogP contribution >= 0.6 is 27.3 Å². The van der Waals surface area contributed by atoms with Crippen LogP contribution in [0.1, 0.15) is 20.9 Å². The number of halogens is 3. The van der Waals surface area contributed by atoms with Crippen molar-refractivity contribution in [1.82, 2.24) is 4.98 Å². The molecule has 0 bridgehead atoms. The van der Waals surface area contributed by atoms with Crippen LogP contribution in [0.5, 0.6) is 0 Å². The second kappa shape index (κ2) is 7.80. The smallest absolute Gasteiger partial charge is 0.351 e. The third-order valence-corrected chi connectivity index (χ3v) is 5.52. The van der Waals surface area contributed by atoms with Crippen LogP contribution in [0.15, 0.2) is 22.7 Å². The number of hydrogen-bond donors (Lipinski definition) is 2. The van der Waals surface area contributed by atoms with Crippen molar-refractivity contribution in [3.05, 3.63) is 50.4 Å². The second-order valence-electron chi connectivity index (χ2n) is 5.97. The summed E-state index contributed by atoms with van der Waals surface area (Å²) in [6.07, 6.45) is 0. The summed E-state index contributed by atoms with van der Waals surface area (Å²) in [5.41, 5.74) is 7.71. The first-order chi connectivity index (χ1) is 13.2. The number of thiophene rings is 1. The fourth-order valence-electron chi connectivity index (χ4n) is 2.65. The number of pyridine rings is 1. The molecule has 0 saturated carbocycles. The van der Waals surface area contributed by atoms with E-state index >= 15 is 0 Å². The third-order valence-electron chi connectivity index (χ3n) is 3.82. The van der Waals surface area contributed by atoms with Gasteiger partial charge in [0.25, 0.3) is 5.91 Å². The van der Waals surface area contributed by atoms with Crippen LogP contribution in [-0.4, -0.2) is 23.5 Å². The van der Waals surface area contributed by atoms with Gasteiger partial charge in [-0.25, -0.2) is 18.6 Å². The zero-order valence-corrected chi connectivity index (χ0v) is 17.1. The van der Waals surface area contributed by atoms with Crippen LogP contribution in [0.25, 0.3) is 10.2 Å². The molecule has 3 aromatic rings. The Morgan fingerprint density at radius 3 is 2.68 bits per heavy atom. The van der Waals surface area contributed by atoms with E-state index in [2.05, 4.69) is 26.2 Å². The van der Waals surface area contributed by atoms with E-state index in [1.54, 1.807) is 0 Å². The SMILES string of the molecule is Cc1cc(C)c2c(N)c(C(=O)OCC(=O)Nc3c(F)cc(F)cc3Br)sc2n1. The molecule has 6 nitrogen and oxygen atoms in total. The summed E-state index contributed by atoms with van der Waals surface area (Å²) in [4.78, 5) is 29.4. The van der Waals surface area contributed by atoms with Gasteiger partial charge < -0.3 is 15.8 Å². The van der Waals surface area contributed by atoms with E-state index in [9.17, 15) is 18.4 Å². The minimum absolute atomic E-state index is 0.0235. The van der Waals surface area contributed by atoms with Crippen molar-refractivity contribution in [3.63, 3.8) is 0 Å². The molecular weight excluding hydrogens is 456 g/mol. The van der Waals surface area contributed by atoms with Gasteiger partial charge in [0.1, 0.15) is 15.5 Å². The van der Waals surface area contributed by atoms with Gasteiger partial charge in [0.2, 0.25) is 0 Å². The molecule has 0 saturated heterocycles. The monoisotopic (exact) mass is 469 g/mol. The number of amides is 1. The van der Waals surface area contributed by atoms with Gasteiger partial charge in [-0.2, -0.15) is 0 Å². The number of aryl methyl sites for hydroxylation is 2. The Labute approximate surface area is 170 Å². The number of nitrogens with two attached hydrogens (primary N) is 1. The number of nitrogen functional groups attached to an aromatic ring is 1. The lowest BCUT2D eigenvalue weighted by atomic mass is 10.1. The number of hydrogen-bond acceptors (Lipinski definition) is 6. The molecule has 1 amide bonds. The molecule has 0 spiro atoms. The Morgan fingerprint density at radius 1 is 1.29 bits per heavy atom. The zero-order chi connectivity index (χ0) is 20.6. The number of carbonyl (C=O) groups excluding carboxylic acids is 2. The summed E-state index contributed by atoms with van der Waals surface area (Å²) >= 11 is 4.03. The highest BCUT2D eigenvalue weighted by molar-refractivity contribution is 9.10. The molecule has 0 unspecified atom stereocenters. The minimum Gasteiger partial charge on any atom is -0.451 e. The number of anilines is 2. The van der Waals surface area contributed by atoms with Crippen molar-refractivity contribution in [2.45, 2.75) is 13.8 Å². The molecule has 0 aliphatic rings. The van der Waals surface area contributed by atoms with Crippen LogP contribution in [0.3, 0.4) is 0 Å². The number of carbonyl (C=O) groups is 2. The third kappa shape index (κ3) is 3.97. The summed E-state index contributed by atoms with van der Waals surface area (Å²) in [6, 6.07) is 3.48. The van der Waals surface area contributed by atoms with Gasteiger partial charge in [0, 0.05) is 21.6 Å². The van der Waals surface area contributed by atoms with Crippen molar-refractivity contribution in [1.29, 1.82) is 0 Å². The molecule has 1 aromatic carbocycles. The van der Waals surface area contributed by atoms with Gasteiger partial charge in [-0.1, -0.05) is 0 Å². The van der Waals surface area contributed by atoms with Crippen molar-refractivity contribution in [2.24, 2.45) is 0 Å². The number of ether oxygens (including phenoxy) is 1. The lowest BCUT2D eigenvalue weighted by molar-refractivity contribution is -0.119. The maximum atomic E-state index is 13.8. The molecule has 2 heterocycles. The van der Waals surface area contributed by atoms with Gasteiger partial charge in [-0.05, 0) is 47.5 Å². The molecule has 2 aromatic heterocycles. The molecule has 3 rings (SSSR count). The Kier molecular flexibility index (Phi) is 5.61. The molecule has 0 atom stereocenters.